The molecule has 0 aliphatic carbocycles. The molecule has 0 aliphatic heterocycles. The lowest BCUT2D eigenvalue weighted by atomic mass is 10.0. The molecule has 1 amide bonds. The van der Waals surface area contributed by atoms with E-state index in [4.69, 9.17) is 16.3 Å². The molecular formula is C21H14ClN3O2. The minimum absolute atomic E-state index is 0.119. The molecule has 4 rings (SSSR count). The standard InChI is InChI=1S/C21H14ClN3O2/c22-21-23-12-11-19(25-21)27-16-9-10-17-14(13-16)5-4-8-18(17)20(26)24-15-6-2-1-3-7-15/h1-13H,(H,24,26). The van der Waals surface area contributed by atoms with Crippen LogP contribution in [0.15, 0.2) is 79.0 Å². The van der Waals surface area contributed by atoms with Crippen LogP contribution in [0.25, 0.3) is 10.8 Å². The Balaban J connectivity index is 1.63. The predicted octanol–water partition coefficient (Wildman–Crippen LogP) is 5.33. The molecule has 4 aromatic rings. The first-order valence-corrected chi connectivity index (χ1v) is 8.62. The molecule has 0 bridgehead atoms. The maximum absolute atomic E-state index is 12.7. The second kappa shape index (κ2) is 7.43. The average molecular weight is 376 g/mol. The Morgan fingerprint density at radius 3 is 2.63 bits per heavy atom. The van der Waals surface area contributed by atoms with E-state index in [1.165, 1.54) is 6.20 Å². The molecule has 0 fully saturated rings. The first-order chi connectivity index (χ1) is 13.2. The van der Waals surface area contributed by atoms with Crippen molar-refractivity contribution in [3.8, 4) is 11.6 Å². The zero-order valence-corrected chi connectivity index (χ0v) is 14.9. The third kappa shape index (κ3) is 3.88. The highest BCUT2D eigenvalue weighted by molar-refractivity contribution is 6.28. The minimum atomic E-state index is -0.164. The van der Waals surface area contributed by atoms with Crippen LogP contribution in [0.4, 0.5) is 5.69 Å². The van der Waals surface area contributed by atoms with Crippen LogP contribution >= 0.6 is 11.6 Å². The number of hydrogen-bond acceptors (Lipinski definition) is 4. The summed E-state index contributed by atoms with van der Waals surface area (Å²) in [4.78, 5) is 20.5. The van der Waals surface area contributed by atoms with E-state index in [0.29, 0.717) is 17.2 Å². The van der Waals surface area contributed by atoms with Crippen LogP contribution in [-0.4, -0.2) is 15.9 Å². The molecule has 0 unspecified atom stereocenters. The lowest BCUT2D eigenvalue weighted by molar-refractivity contribution is 0.102. The number of carbonyl (C=O) groups excluding carboxylic acids is 1. The zero-order chi connectivity index (χ0) is 18.6. The van der Waals surface area contributed by atoms with Crippen molar-refractivity contribution in [2.75, 3.05) is 5.32 Å². The van der Waals surface area contributed by atoms with Crippen molar-refractivity contribution in [1.82, 2.24) is 9.97 Å². The average Bonchev–Trinajstić information content (AvgIpc) is 2.68. The van der Waals surface area contributed by atoms with Crippen molar-refractivity contribution in [3.05, 3.63) is 89.8 Å². The molecular weight excluding hydrogens is 362 g/mol. The minimum Gasteiger partial charge on any atom is -0.439 e. The summed E-state index contributed by atoms with van der Waals surface area (Å²) in [5.41, 5.74) is 1.34. The number of aromatic nitrogens is 2. The second-order valence-corrected chi connectivity index (χ2v) is 6.11. The van der Waals surface area contributed by atoms with Crippen LogP contribution in [0.3, 0.4) is 0 Å². The highest BCUT2D eigenvalue weighted by Gasteiger charge is 2.11. The SMILES string of the molecule is O=C(Nc1ccccc1)c1cccc2cc(Oc3ccnc(Cl)n3)ccc12. The number of para-hydroxylation sites is 1. The molecule has 3 aromatic carbocycles. The van der Waals surface area contributed by atoms with Crippen molar-refractivity contribution < 1.29 is 9.53 Å². The van der Waals surface area contributed by atoms with E-state index in [-0.39, 0.29) is 11.2 Å². The summed E-state index contributed by atoms with van der Waals surface area (Å²) in [7, 11) is 0. The molecule has 0 radical (unpaired) electrons. The van der Waals surface area contributed by atoms with E-state index in [9.17, 15) is 4.79 Å². The van der Waals surface area contributed by atoms with Crippen LogP contribution in [0.2, 0.25) is 5.28 Å². The number of rotatable bonds is 4. The van der Waals surface area contributed by atoms with Gasteiger partial charge >= 0.3 is 0 Å². The summed E-state index contributed by atoms with van der Waals surface area (Å²) < 4.78 is 5.73. The lowest BCUT2D eigenvalue weighted by Crippen LogP contribution is -2.12. The van der Waals surface area contributed by atoms with Crippen LogP contribution < -0.4 is 10.1 Å². The smallest absolute Gasteiger partial charge is 0.256 e. The third-order valence-corrected chi connectivity index (χ3v) is 4.13. The number of hydrogen-bond donors (Lipinski definition) is 1. The summed E-state index contributed by atoms with van der Waals surface area (Å²) in [6.07, 6.45) is 1.53. The fourth-order valence-electron chi connectivity index (χ4n) is 2.74. The number of halogens is 1. The van der Waals surface area contributed by atoms with Crippen molar-refractivity contribution >= 4 is 34.0 Å². The quantitative estimate of drug-likeness (QED) is 0.490. The van der Waals surface area contributed by atoms with Crippen molar-refractivity contribution in [2.45, 2.75) is 0 Å². The summed E-state index contributed by atoms with van der Waals surface area (Å²) in [5, 5.41) is 4.74. The Hall–Kier alpha value is -3.44. The molecule has 6 heteroatoms. The van der Waals surface area contributed by atoms with Gasteiger partial charge in [0.2, 0.25) is 11.2 Å². The Bertz CT molecular complexity index is 1120. The highest BCUT2D eigenvalue weighted by atomic mass is 35.5. The Labute approximate surface area is 160 Å². The molecule has 0 saturated carbocycles. The van der Waals surface area contributed by atoms with Gasteiger partial charge in [-0.2, -0.15) is 4.98 Å². The first kappa shape index (κ1) is 17.0. The number of nitrogens with one attached hydrogen (secondary N) is 1. The van der Waals surface area contributed by atoms with Crippen molar-refractivity contribution in [1.29, 1.82) is 0 Å². The molecule has 0 atom stereocenters. The molecule has 1 aromatic heterocycles. The molecule has 0 spiro atoms. The molecule has 5 nitrogen and oxygen atoms in total. The predicted molar refractivity (Wildman–Crippen MR) is 105 cm³/mol. The van der Waals surface area contributed by atoms with Gasteiger partial charge in [-0.05, 0) is 58.8 Å². The fraction of sp³-hybridized carbons (Fsp3) is 0. The van der Waals surface area contributed by atoms with Gasteiger partial charge in [-0.1, -0.05) is 30.3 Å². The topological polar surface area (TPSA) is 64.1 Å². The Kier molecular flexibility index (Phi) is 4.68. The maximum atomic E-state index is 12.7. The summed E-state index contributed by atoms with van der Waals surface area (Å²) in [6, 6.07) is 22.0. The summed E-state index contributed by atoms with van der Waals surface area (Å²) in [6.45, 7) is 0. The number of nitrogens with zero attached hydrogens (tertiary/aromatic N) is 2. The normalized spacial score (nSPS) is 10.6. The van der Waals surface area contributed by atoms with Gasteiger partial charge in [-0.15, -0.1) is 0 Å². The highest BCUT2D eigenvalue weighted by Crippen LogP contribution is 2.27. The van der Waals surface area contributed by atoms with Gasteiger partial charge in [0.15, 0.2) is 0 Å². The van der Waals surface area contributed by atoms with Gasteiger partial charge in [-0.3, -0.25) is 4.79 Å². The monoisotopic (exact) mass is 375 g/mol. The van der Waals surface area contributed by atoms with Crippen LogP contribution in [0.1, 0.15) is 10.4 Å². The van der Waals surface area contributed by atoms with Crippen molar-refractivity contribution in [2.24, 2.45) is 0 Å². The van der Waals surface area contributed by atoms with Gasteiger partial charge in [-0.25, -0.2) is 4.98 Å². The van der Waals surface area contributed by atoms with E-state index in [2.05, 4.69) is 15.3 Å². The fourth-order valence-corrected chi connectivity index (χ4v) is 2.88. The number of carbonyl (C=O) groups is 1. The molecule has 1 heterocycles. The third-order valence-electron chi connectivity index (χ3n) is 3.95. The summed E-state index contributed by atoms with van der Waals surface area (Å²) in [5.74, 6) is 0.785. The molecule has 0 saturated heterocycles. The van der Waals surface area contributed by atoms with Crippen LogP contribution in [-0.2, 0) is 0 Å². The number of fused-ring (bicyclic) bond motifs is 1. The van der Waals surface area contributed by atoms with Crippen LogP contribution in [0.5, 0.6) is 11.6 Å². The van der Waals surface area contributed by atoms with Gasteiger partial charge in [0, 0.05) is 23.5 Å². The van der Waals surface area contributed by atoms with E-state index in [0.717, 1.165) is 16.5 Å². The first-order valence-electron chi connectivity index (χ1n) is 8.25. The van der Waals surface area contributed by atoms with Gasteiger partial charge in [0.1, 0.15) is 5.75 Å². The van der Waals surface area contributed by atoms with Crippen molar-refractivity contribution in [3.63, 3.8) is 0 Å². The molecule has 1 N–H and O–H groups in total. The van der Waals surface area contributed by atoms with E-state index in [1.807, 2.05) is 54.6 Å². The van der Waals surface area contributed by atoms with E-state index < -0.39 is 0 Å². The molecule has 27 heavy (non-hydrogen) atoms. The number of amides is 1. The zero-order valence-electron chi connectivity index (χ0n) is 14.1. The maximum Gasteiger partial charge on any atom is 0.256 e. The Morgan fingerprint density at radius 1 is 0.963 bits per heavy atom. The van der Waals surface area contributed by atoms with E-state index >= 15 is 0 Å². The largest absolute Gasteiger partial charge is 0.439 e. The van der Waals surface area contributed by atoms with Crippen LogP contribution in [0, 0.1) is 0 Å². The van der Waals surface area contributed by atoms with Gasteiger partial charge in [0.25, 0.3) is 5.91 Å². The number of ether oxygens (including phenoxy) is 1. The Morgan fingerprint density at radius 2 is 1.81 bits per heavy atom. The second-order valence-electron chi connectivity index (χ2n) is 5.77. The van der Waals surface area contributed by atoms with Gasteiger partial charge < -0.3 is 10.1 Å². The summed E-state index contributed by atoms with van der Waals surface area (Å²) >= 11 is 5.78. The number of anilines is 1. The lowest BCUT2D eigenvalue weighted by Gasteiger charge is -2.10. The number of benzene rings is 3. The van der Waals surface area contributed by atoms with Gasteiger partial charge in [0.05, 0.1) is 0 Å². The molecule has 132 valence electrons. The molecule has 0 aliphatic rings. The van der Waals surface area contributed by atoms with E-state index in [1.54, 1.807) is 18.2 Å².